The van der Waals surface area contributed by atoms with Gasteiger partial charge in [-0.05, 0) is 51.9 Å². The molecule has 5 rings (SSSR count). The van der Waals surface area contributed by atoms with E-state index in [-0.39, 0.29) is 18.0 Å². The minimum absolute atomic E-state index is 0.0458. The summed E-state index contributed by atoms with van der Waals surface area (Å²) in [4.78, 5) is 26.9. The van der Waals surface area contributed by atoms with Crippen LogP contribution in [-0.2, 0) is 16.1 Å². The summed E-state index contributed by atoms with van der Waals surface area (Å²) in [6.07, 6.45) is 4.10. The second kappa shape index (κ2) is 7.44. The molecule has 2 heterocycles. The van der Waals surface area contributed by atoms with E-state index in [9.17, 15) is 9.59 Å². The fourth-order valence-electron chi connectivity index (χ4n) is 5.26. The van der Waals surface area contributed by atoms with Crippen molar-refractivity contribution in [2.24, 2.45) is 23.2 Å². The number of ether oxygens (including phenoxy) is 1. The Bertz CT molecular complexity index is 818. The standard InChI is InChI=1S/C20H29BrN4O3/c1-12-14-8-13(20(14,2)3)9-15(12)23-16-10-22-25(19(27)18(16)21)11-17(26)24-4-6-28-7-5-24/h10,12-15,23H,4-9,11H2,1-3H3/t12-,13+,14+,15+/m0/s1. The van der Waals surface area contributed by atoms with Gasteiger partial charge in [-0.25, -0.2) is 4.68 Å². The van der Waals surface area contributed by atoms with Gasteiger partial charge in [0.15, 0.2) is 0 Å². The van der Waals surface area contributed by atoms with Crippen LogP contribution in [0.3, 0.4) is 0 Å². The van der Waals surface area contributed by atoms with Gasteiger partial charge in [-0.15, -0.1) is 0 Å². The molecule has 2 bridgehead atoms. The third-order valence-corrected chi connectivity index (χ3v) is 8.10. The molecule has 8 heteroatoms. The molecule has 1 aromatic rings. The van der Waals surface area contributed by atoms with Crippen LogP contribution in [0.2, 0.25) is 0 Å². The van der Waals surface area contributed by atoms with Gasteiger partial charge in [0.05, 0.1) is 25.1 Å². The van der Waals surface area contributed by atoms with Gasteiger partial charge < -0.3 is 15.0 Å². The van der Waals surface area contributed by atoms with Crippen LogP contribution < -0.4 is 10.9 Å². The van der Waals surface area contributed by atoms with Crippen molar-refractivity contribution in [1.82, 2.24) is 14.7 Å². The molecule has 0 aromatic carbocycles. The average molecular weight is 453 g/mol. The SMILES string of the molecule is C[C@H]1[C@H]2C[C@H](C[C@H]1Nc1cnn(CC(=O)N3CCOCC3)c(=O)c1Br)C2(C)C. The second-order valence-electron chi connectivity index (χ2n) is 9.03. The normalized spacial score (nSPS) is 31.2. The summed E-state index contributed by atoms with van der Waals surface area (Å²) in [5.41, 5.74) is 0.868. The van der Waals surface area contributed by atoms with E-state index in [2.05, 4.69) is 47.1 Å². The molecule has 0 spiro atoms. The van der Waals surface area contributed by atoms with Gasteiger partial charge in [0.25, 0.3) is 5.56 Å². The van der Waals surface area contributed by atoms with Crippen LogP contribution >= 0.6 is 15.9 Å². The molecule has 4 aliphatic rings. The number of amides is 1. The molecule has 3 saturated carbocycles. The fourth-order valence-corrected chi connectivity index (χ4v) is 5.68. The van der Waals surface area contributed by atoms with Gasteiger partial charge in [-0.2, -0.15) is 5.10 Å². The first kappa shape index (κ1) is 19.9. The Labute approximate surface area is 173 Å². The number of carbonyl (C=O) groups is 1. The zero-order valence-electron chi connectivity index (χ0n) is 16.8. The van der Waals surface area contributed by atoms with Gasteiger partial charge in [0.1, 0.15) is 11.0 Å². The molecular weight excluding hydrogens is 424 g/mol. The Balaban J connectivity index is 1.45. The van der Waals surface area contributed by atoms with Gasteiger partial charge in [-0.1, -0.05) is 20.8 Å². The van der Waals surface area contributed by atoms with Crippen LogP contribution in [0.5, 0.6) is 0 Å². The van der Waals surface area contributed by atoms with E-state index >= 15 is 0 Å². The summed E-state index contributed by atoms with van der Waals surface area (Å²) in [5.74, 6) is 1.91. The zero-order chi connectivity index (χ0) is 20.1. The predicted molar refractivity (Wildman–Crippen MR) is 110 cm³/mol. The topological polar surface area (TPSA) is 76.5 Å². The number of rotatable bonds is 4. The zero-order valence-corrected chi connectivity index (χ0v) is 18.4. The lowest BCUT2D eigenvalue weighted by molar-refractivity contribution is -0.136. The Morgan fingerprint density at radius 3 is 2.71 bits per heavy atom. The first-order chi connectivity index (χ1) is 13.3. The third kappa shape index (κ3) is 3.38. The lowest BCUT2D eigenvalue weighted by Gasteiger charge is -2.62. The number of hydrogen-bond donors (Lipinski definition) is 1. The molecule has 3 aliphatic carbocycles. The van der Waals surface area contributed by atoms with Crippen LogP contribution in [0.25, 0.3) is 0 Å². The highest BCUT2D eigenvalue weighted by Crippen LogP contribution is 2.61. The van der Waals surface area contributed by atoms with Crippen LogP contribution in [0.1, 0.15) is 33.6 Å². The van der Waals surface area contributed by atoms with Crippen molar-refractivity contribution in [1.29, 1.82) is 0 Å². The summed E-state index contributed by atoms with van der Waals surface area (Å²) < 4.78 is 6.95. The minimum atomic E-state index is -0.277. The highest BCUT2D eigenvalue weighted by atomic mass is 79.9. The van der Waals surface area contributed by atoms with Crippen LogP contribution in [0, 0.1) is 23.2 Å². The molecular formula is C20H29BrN4O3. The molecule has 1 aliphatic heterocycles. The van der Waals surface area contributed by atoms with Crippen molar-refractivity contribution in [3.8, 4) is 0 Å². The molecule has 1 saturated heterocycles. The number of halogens is 1. The second-order valence-corrected chi connectivity index (χ2v) is 9.83. The monoisotopic (exact) mass is 452 g/mol. The quantitative estimate of drug-likeness (QED) is 0.758. The van der Waals surface area contributed by atoms with Crippen molar-refractivity contribution in [3.63, 3.8) is 0 Å². The molecule has 154 valence electrons. The van der Waals surface area contributed by atoms with Gasteiger partial charge in [0.2, 0.25) is 5.91 Å². The summed E-state index contributed by atoms with van der Waals surface area (Å²) >= 11 is 3.43. The largest absolute Gasteiger partial charge is 0.380 e. The maximum absolute atomic E-state index is 12.7. The highest BCUT2D eigenvalue weighted by molar-refractivity contribution is 9.10. The number of carbonyl (C=O) groups excluding carboxylic acids is 1. The molecule has 1 N–H and O–H groups in total. The van der Waals surface area contributed by atoms with E-state index in [0.29, 0.717) is 48.2 Å². The number of aromatic nitrogens is 2. The van der Waals surface area contributed by atoms with Gasteiger partial charge in [0, 0.05) is 19.1 Å². The van der Waals surface area contributed by atoms with E-state index in [1.165, 1.54) is 11.1 Å². The maximum atomic E-state index is 12.7. The molecule has 0 radical (unpaired) electrons. The predicted octanol–water partition coefficient (Wildman–Crippen LogP) is 2.35. The molecule has 28 heavy (non-hydrogen) atoms. The van der Waals surface area contributed by atoms with Crippen molar-refractivity contribution in [3.05, 3.63) is 21.0 Å². The Kier molecular flexibility index (Phi) is 5.29. The summed E-state index contributed by atoms with van der Waals surface area (Å²) in [5, 5.41) is 7.80. The first-order valence-electron chi connectivity index (χ1n) is 10.2. The van der Waals surface area contributed by atoms with E-state index in [4.69, 9.17) is 4.74 Å². The summed E-state index contributed by atoms with van der Waals surface area (Å²) in [6, 6.07) is 0.347. The van der Waals surface area contributed by atoms with E-state index in [0.717, 1.165) is 23.9 Å². The van der Waals surface area contributed by atoms with Crippen molar-refractivity contribution in [2.75, 3.05) is 31.6 Å². The van der Waals surface area contributed by atoms with Crippen LogP contribution in [-0.4, -0.2) is 52.9 Å². The number of nitrogens with zero attached hydrogens (tertiary/aromatic N) is 3. The minimum Gasteiger partial charge on any atom is -0.380 e. The highest BCUT2D eigenvalue weighted by Gasteiger charge is 2.56. The van der Waals surface area contributed by atoms with Crippen molar-refractivity contribution < 1.29 is 9.53 Å². The average Bonchev–Trinajstić information content (AvgIpc) is 2.69. The molecule has 1 aromatic heterocycles. The number of anilines is 1. The van der Waals surface area contributed by atoms with E-state index in [1.54, 1.807) is 11.1 Å². The molecule has 4 fully saturated rings. The molecule has 7 nitrogen and oxygen atoms in total. The molecule has 0 unspecified atom stereocenters. The third-order valence-electron chi connectivity index (χ3n) is 7.33. The number of fused-ring (bicyclic) bond motifs is 2. The van der Waals surface area contributed by atoms with E-state index < -0.39 is 0 Å². The number of hydrogen-bond acceptors (Lipinski definition) is 5. The Morgan fingerprint density at radius 2 is 2.07 bits per heavy atom. The fraction of sp³-hybridized carbons (Fsp3) is 0.750. The smallest absolute Gasteiger partial charge is 0.283 e. The summed E-state index contributed by atoms with van der Waals surface area (Å²) in [7, 11) is 0. The van der Waals surface area contributed by atoms with Crippen molar-refractivity contribution >= 4 is 27.5 Å². The Hall–Kier alpha value is -1.41. The number of nitrogens with one attached hydrogen (secondary N) is 1. The van der Waals surface area contributed by atoms with Gasteiger partial charge >= 0.3 is 0 Å². The van der Waals surface area contributed by atoms with E-state index in [1.807, 2.05) is 0 Å². The van der Waals surface area contributed by atoms with Crippen molar-refractivity contribution in [2.45, 2.75) is 46.2 Å². The Morgan fingerprint density at radius 1 is 1.36 bits per heavy atom. The first-order valence-corrected chi connectivity index (χ1v) is 11.0. The number of morpholine rings is 1. The maximum Gasteiger partial charge on any atom is 0.283 e. The molecule has 4 atom stereocenters. The molecule has 1 amide bonds. The van der Waals surface area contributed by atoms with Gasteiger partial charge in [-0.3, -0.25) is 9.59 Å². The van der Waals surface area contributed by atoms with Crippen LogP contribution in [0.4, 0.5) is 5.69 Å². The lowest BCUT2D eigenvalue weighted by atomic mass is 9.45. The van der Waals surface area contributed by atoms with Crippen LogP contribution in [0.15, 0.2) is 15.5 Å². The lowest BCUT2D eigenvalue weighted by Crippen LogP contribution is -2.58. The summed E-state index contributed by atoms with van der Waals surface area (Å²) in [6.45, 7) is 9.22.